The van der Waals surface area contributed by atoms with Crippen LogP contribution in [0.5, 0.6) is 0 Å². The van der Waals surface area contributed by atoms with E-state index in [4.69, 9.17) is 9.47 Å². The number of sulfonamides is 1. The van der Waals surface area contributed by atoms with Crippen molar-refractivity contribution in [3.8, 4) is 0 Å². The highest BCUT2D eigenvalue weighted by Gasteiger charge is 2.08. The second-order valence-electron chi connectivity index (χ2n) is 3.57. The van der Waals surface area contributed by atoms with Crippen LogP contribution in [0, 0.1) is 0 Å². The van der Waals surface area contributed by atoms with Crippen LogP contribution < -0.4 is 4.72 Å². The molecule has 6 heteroatoms. The molecule has 1 N–H and O–H groups in total. The predicted molar refractivity (Wildman–Crippen MR) is 63.9 cm³/mol. The van der Waals surface area contributed by atoms with Gasteiger partial charge in [-0.1, -0.05) is 12.2 Å². The summed E-state index contributed by atoms with van der Waals surface area (Å²) in [5, 5.41) is 0. The lowest BCUT2D eigenvalue weighted by Crippen LogP contribution is -2.30. The molecule has 0 bridgehead atoms. The SMILES string of the molecule is C=C(C)COCCNS(=O)(=O)CCCOC. The maximum atomic E-state index is 11.4. The van der Waals surface area contributed by atoms with Gasteiger partial charge in [0.1, 0.15) is 0 Å². The quantitative estimate of drug-likeness (QED) is 0.454. The Morgan fingerprint density at radius 1 is 1.38 bits per heavy atom. The first kappa shape index (κ1) is 15.6. The molecular formula is C10H21NO4S. The molecule has 5 nitrogen and oxygen atoms in total. The second-order valence-corrected chi connectivity index (χ2v) is 5.50. The van der Waals surface area contributed by atoms with Crippen LogP contribution in [0.25, 0.3) is 0 Å². The lowest BCUT2D eigenvalue weighted by atomic mass is 10.4. The minimum Gasteiger partial charge on any atom is -0.385 e. The van der Waals surface area contributed by atoms with Gasteiger partial charge in [0.25, 0.3) is 0 Å². The highest BCUT2D eigenvalue weighted by molar-refractivity contribution is 7.89. The molecule has 0 radical (unpaired) electrons. The lowest BCUT2D eigenvalue weighted by Gasteiger charge is -2.07. The zero-order valence-electron chi connectivity index (χ0n) is 9.99. The fraction of sp³-hybridized carbons (Fsp3) is 0.800. The Hall–Kier alpha value is -0.430. The summed E-state index contributed by atoms with van der Waals surface area (Å²) < 4.78 is 35.1. The van der Waals surface area contributed by atoms with Crippen molar-refractivity contribution >= 4 is 10.0 Å². The first-order valence-corrected chi connectivity index (χ1v) is 6.81. The van der Waals surface area contributed by atoms with Gasteiger partial charge in [-0.25, -0.2) is 13.1 Å². The Kier molecular flexibility index (Phi) is 8.46. The lowest BCUT2D eigenvalue weighted by molar-refractivity contribution is 0.162. The number of hydrogen-bond donors (Lipinski definition) is 1. The van der Waals surface area contributed by atoms with Crippen LogP contribution in [0.15, 0.2) is 12.2 Å². The molecular weight excluding hydrogens is 230 g/mol. The van der Waals surface area contributed by atoms with Gasteiger partial charge in [-0.3, -0.25) is 0 Å². The third-order valence-corrected chi connectivity index (χ3v) is 3.15. The molecule has 0 spiro atoms. The summed E-state index contributed by atoms with van der Waals surface area (Å²) in [5.74, 6) is 0.0846. The van der Waals surface area contributed by atoms with E-state index in [2.05, 4.69) is 11.3 Å². The van der Waals surface area contributed by atoms with Crippen LogP contribution in [0.4, 0.5) is 0 Å². The maximum Gasteiger partial charge on any atom is 0.211 e. The fourth-order valence-electron chi connectivity index (χ4n) is 0.981. The third kappa shape index (κ3) is 10.1. The number of ether oxygens (including phenoxy) is 2. The summed E-state index contributed by atoms with van der Waals surface area (Å²) >= 11 is 0. The smallest absolute Gasteiger partial charge is 0.211 e. The topological polar surface area (TPSA) is 64.6 Å². The standard InChI is InChI=1S/C10H21NO4S/c1-10(2)9-15-7-5-11-16(12,13)8-4-6-14-3/h11H,1,4-9H2,2-3H3. The van der Waals surface area contributed by atoms with E-state index in [0.29, 0.717) is 32.8 Å². The van der Waals surface area contributed by atoms with Gasteiger partial charge in [-0.05, 0) is 13.3 Å². The zero-order valence-corrected chi connectivity index (χ0v) is 10.8. The predicted octanol–water partition coefficient (Wildman–Crippen LogP) is 0.535. The molecule has 0 aliphatic heterocycles. The molecule has 0 aliphatic carbocycles. The first-order chi connectivity index (χ1) is 7.48. The van der Waals surface area contributed by atoms with E-state index in [9.17, 15) is 8.42 Å². The molecule has 0 fully saturated rings. The normalized spacial score (nSPS) is 11.6. The van der Waals surface area contributed by atoms with Crippen LogP contribution in [-0.2, 0) is 19.5 Å². The molecule has 0 saturated carbocycles. The van der Waals surface area contributed by atoms with Crippen molar-refractivity contribution in [1.82, 2.24) is 4.72 Å². The molecule has 0 aromatic heterocycles. The van der Waals surface area contributed by atoms with Crippen molar-refractivity contribution in [2.75, 3.05) is 39.2 Å². The molecule has 0 aromatic carbocycles. The van der Waals surface area contributed by atoms with Crippen molar-refractivity contribution in [2.24, 2.45) is 0 Å². The Morgan fingerprint density at radius 3 is 2.62 bits per heavy atom. The van der Waals surface area contributed by atoms with Crippen molar-refractivity contribution < 1.29 is 17.9 Å². The molecule has 16 heavy (non-hydrogen) atoms. The molecule has 96 valence electrons. The van der Waals surface area contributed by atoms with E-state index >= 15 is 0 Å². The summed E-state index contributed by atoms with van der Waals surface area (Å²) in [6.45, 7) is 7.10. The Bertz CT molecular complexity index is 287. The van der Waals surface area contributed by atoms with Crippen LogP contribution in [0.3, 0.4) is 0 Å². The largest absolute Gasteiger partial charge is 0.385 e. The van der Waals surface area contributed by atoms with Gasteiger partial charge >= 0.3 is 0 Å². The summed E-state index contributed by atoms with van der Waals surface area (Å²) in [6.07, 6.45) is 0.498. The number of rotatable bonds is 10. The molecule has 0 heterocycles. The molecule has 0 aliphatic rings. The summed E-state index contributed by atoms with van der Waals surface area (Å²) in [7, 11) is -1.64. The van der Waals surface area contributed by atoms with E-state index in [1.54, 1.807) is 7.11 Å². The molecule has 0 rings (SSSR count). The van der Waals surface area contributed by atoms with Crippen molar-refractivity contribution in [1.29, 1.82) is 0 Å². The molecule has 0 aromatic rings. The van der Waals surface area contributed by atoms with E-state index in [0.717, 1.165) is 5.57 Å². The monoisotopic (exact) mass is 251 g/mol. The Morgan fingerprint density at radius 2 is 2.06 bits per heavy atom. The summed E-state index contributed by atoms with van der Waals surface area (Å²) in [5.41, 5.74) is 0.919. The number of methoxy groups -OCH3 is 1. The van der Waals surface area contributed by atoms with Crippen LogP contribution >= 0.6 is 0 Å². The summed E-state index contributed by atoms with van der Waals surface area (Å²) in [4.78, 5) is 0. The maximum absolute atomic E-state index is 11.4. The van der Waals surface area contributed by atoms with Crippen molar-refractivity contribution in [3.05, 3.63) is 12.2 Å². The van der Waals surface area contributed by atoms with Crippen LogP contribution in [0.1, 0.15) is 13.3 Å². The van der Waals surface area contributed by atoms with Crippen molar-refractivity contribution in [2.45, 2.75) is 13.3 Å². The molecule has 0 saturated heterocycles. The van der Waals surface area contributed by atoms with Crippen LogP contribution in [0.2, 0.25) is 0 Å². The summed E-state index contributed by atoms with van der Waals surface area (Å²) in [6, 6.07) is 0. The van der Waals surface area contributed by atoms with E-state index in [-0.39, 0.29) is 5.75 Å². The number of nitrogens with one attached hydrogen (secondary N) is 1. The molecule has 0 amide bonds. The second kappa shape index (κ2) is 8.69. The van der Waals surface area contributed by atoms with Gasteiger partial charge in [0.15, 0.2) is 0 Å². The Balaban J connectivity index is 3.54. The average molecular weight is 251 g/mol. The van der Waals surface area contributed by atoms with Crippen LogP contribution in [-0.4, -0.2) is 47.6 Å². The van der Waals surface area contributed by atoms with E-state index in [1.807, 2.05) is 6.92 Å². The third-order valence-electron chi connectivity index (χ3n) is 1.68. The number of hydrogen-bond acceptors (Lipinski definition) is 4. The highest BCUT2D eigenvalue weighted by Crippen LogP contribution is 1.91. The highest BCUT2D eigenvalue weighted by atomic mass is 32.2. The van der Waals surface area contributed by atoms with Gasteiger partial charge < -0.3 is 9.47 Å². The molecule has 0 unspecified atom stereocenters. The van der Waals surface area contributed by atoms with Gasteiger partial charge in [-0.2, -0.15) is 0 Å². The Labute approximate surface area is 97.9 Å². The molecule has 0 atom stereocenters. The van der Waals surface area contributed by atoms with Gasteiger partial charge in [0.2, 0.25) is 10.0 Å². The first-order valence-electron chi connectivity index (χ1n) is 5.16. The van der Waals surface area contributed by atoms with E-state index in [1.165, 1.54) is 0 Å². The minimum absolute atomic E-state index is 0.0846. The average Bonchev–Trinajstić information content (AvgIpc) is 2.16. The van der Waals surface area contributed by atoms with Gasteiger partial charge in [-0.15, -0.1) is 0 Å². The zero-order chi connectivity index (χ0) is 12.4. The minimum atomic E-state index is -3.19. The van der Waals surface area contributed by atoms with E-state index < -0.39 is 10.0 Å². The fourth-order valence-corrected chi connectivity index (χ4v) is 2.02. The van der Waals surface area contributed by atoms with Gasteiger partial charge in [0.05, 0.1) is 19.0 Å². The van der Waals surface area contributed by atoms with Gasteiger partial charge in [0, 0.05) is 20.3 Å². The van der Waals surface area contributed by atoms with Crippen molar-refractivity contribution in [3.63, 3.8) is 0 Å².